The summed E-state index contributed by atoms with van der Waals surface area (Å²) < 4.78 is 30.7. The van der Waals surface area contributed by atoms with Crippen LogP contribution in [0, 0.1) is 0 Å². The molecule has 0 saturated heterocycles. The molecule has 19 heavy (non-hydrogen) atoms. The normalized spacial score (nSPS) is 24.2. The van der Waals surface area contributed by atoms with E-state index in [1.807, 2.05) is 26.0 Å². The van der Waals surface area contributed by atoms with Crippen LogP contribution in [0.3, 0.4) is 0 Å². The zero-order chi connectivity index (χ0) is 14.0. The van der Waals surface area contributed by atoms with Crippen molar-refractivity contribution >= 4 is 9.84 Å². The Balaban J connectivity index is 2.60. The molecule has 106 valence electrons. The highest BCUT2D eigenvalue weighted by atomic mass is 32.2. The topological polar surface area (TPSA) is 55.4 Å². The van der Waals surface area contributed by atoms with Gasteiger partial charge in [-0.2, -0.15) is 0 Å². The molecular weight excluding hydrogens is 262 g/mol. The van der Waals surface area contributed by atoms with Crippen LogP contribution in [0.15, 0.2) is 23.1 Å². The van der Waals surface area contributed by atoms with Crippen LogP contribution in [0.1, 0.15) is 38.3 Å². The summed E-state index contributed by atoms with van der Waals surface area (Å²) in [6, 6.07) is 5.33. The Kier molecular flexibility index (Phi) is 4.16. The molecular formula is C14H21NO3S. The molecule has 0 saturated carbocycles. The van der Waals surface area contributed by atoms with Gasteiger partial charge in [0.05, 0.1) is 18.4 Å². The number of nitrogens with one attached hydrogen (secondary N) is 1. The molecule has 2 unspecified atom stereocenters. The third kappa shape index (κ3) is 2.25. The van der Waals surface area contributed by atoms with Gasteiger partial charge in [-0.3, -0.25) is 0 Å². The number of hydrogen-bond acceptors (Lipinski definition) is 4. The van der Waals surface area contributed by atoms with Crippen molar-refractivity contribution in [3.63, 3.8) is 0 Å². The van der Waals surface area contributed by atoms with Crippen molar-refractivity contribution in [1.82, 2.24) is 5.32 Å². The van der Waals surface area contributed by atoms with E-state index in [9.17, 15) is 8.42 Å². The van der Waals surface area contributed by atoms with Crippen LogP contribution in [-0.2, 0) is 9.84 Å². The second-order valence-electron chi connectivity index (χ2n) is 4.79. The average molecular weight is 283 g/mol. The maximum Gasteiger partial charge on any atom is 0.187 e. The largest absolute Gasteiger partial charge is 0.495 e. The zero-order valence-corrected chi connectivity index (χ0v) is 12.5. The highest BCUT2D eigenvalue weighted by Gasteiger charge is 2.45. The molecule has 1 aromatic rings. The molecule has 1 aliphatic rings. The summed E-state index contributed by atoms with van der Waals surface area (Å²) in [6.45, 7) is 4.75. The van der Waals surface area contributed by atoms with E-state index in [1.165, 1.54) is 7.11 Å². The van der Waals surface area contributed by atoms with Crippen LogP contribution < -0.4 is 10.1 Å². The Bertz CT molecular complexity index is 554. The van der Waals surface area contributed by atoms with Crippen molar-refractivity contribution in [3.05, 3.63) is 23.8 Å². The van der Waals surface area contributed by atoms with Gasteiger partial charge in [-0.05, 0) is 24.6 Å². The number of hydrogen-bond donors (Lipinski definition) is 1. The predicted octanol–water partition coefficient (Wildman–Crippen LogP) is 2.30. The van der Waals surface area contributed by atoms with Gasteiger partial charge in [0.25, 0.3) is 0 Å². The van der Waals surface area contributed by atoms with E-state index in [-0.39, 0.29) is 11.3 Å². The SMILES string of the molecule is CCCC1C(NCC)c2cccc(OC)c2S1(=O)=O. The number of rotatable bonds is 5. The van der Waals surface area contributed by atoms with Crippen molar-refractivity contribution in [2.24, 2.45) is 0 Å². The van der Waals surface area contributed by atoms with Gasteiger partial charge in [-0.25, -0.2) is 8.42 Å². The number of methoxy groups -OCH3 is 1. The molecule has 5 heteroatoms. The van der Waals surface area contributed by atoms with Gasteiger partial charge in [0.1, 0.15) is 10.6 Å². The van der Waals surface area contributed by atoms with Gasteiger partial charge >= 0.3 is 0 Å². The maximum atomic E-state index is 12.7. The standard InChI is InChI=1S/C14H21NO3S/c1-4-7-12-13(15-5-2)10-8-6-9-11(18-3)14(10)19(12,16)17/h6,8-9,12-13,15H,4-5,7H2,1-3H3. The van der Waals surface area contributed by atoms with Crippen molar-refractivity contribution in [3.8, 4) is 5.75 Å². The van der Waals surface area contributed by atoms with Crippen molar-refractivity contribution in [1.29, 1.82) is 0 Å². The van der Waals surface area contributed by atoms with Crippen molar-refractivity contribution in [2.75, 3.05) is 13.7 Å². The third-order valence-electron chi connectivity index (χ3n) is 3.62. The zero-order valence-electron chi connectivity index (χ0n) is 11.6. The molecule has 0 spiro atoms. The lowest BCUT2D eigenvalue weighted by atomic mass is 10.0. The fourth-order valence-corrected chi connectivity index (χ4v) is 5.25. The molecule has 0 radical (unpaired) electrons. The summed E-state index contributed by atoms with van der Waals surface area (Å²) in [5, 5.41) is 2.92. The second-order valence-corrected chi connectivity index (χ2v) is 6.89. The minimum Gasteiger partial charge on any atom is -0.495 e. The highest BCUT2D eigenvalue weighted by molar-refractivity contribution is 7.92. The quantitative estimate of drug-likeness (QED) is 0.901. The molecule has 2 rings (SSSR count). The van der Waals surface area contributed by atoms with Crippen LogP contribution >= 0.6 is 0 Å². The first-order chi connectivity index (χ1) is 9.07. The Hall–Kier alpha value is -1.07. The highest BCUT2D eigenvalue weighted by Crippen LogP contribution is 2.45. The first-order valence-electron chi connectivity index (χ1n) is 6.72. The van der Waals surface area contributed by atoms with Gasteiger partial charge in [0, 0.05) is 0 Å². The molecule has 2 atom stereocenters. The average Bonchev–Trinajstić information content (AvgIpc) is 2.61. The second kappa shape index (κ2) is 5.51. The van der Waals surface area contributed by atoms with E-state index < -0.39 is 9.84 Å². The summed E-state index contributed by atoms with van der Waals surface area (Å²) in [5.74, 6) is 0.457. The molecule has 1 N–H and O–H groups in total. The van der Waals surface area contributed by atoms with E-state index in [1.54, 1.807) is 6.07 Å². The van der Waals surface area contributed by atoms with E-state index in [0.29, 0.717) is 17.1 Å². The lowest BCUT2D eigenvalue weighted by Gasteiger charge is -2.19. The minimum atomic E-state index is -3.31. The first-order valence-corrected chi connectivity index (χ1v) is 8.26. The fourth-order valence-electron chi connectivity index (χ4n) is 2.84. The van der Waals surface area contributed by atoms with Gasteiger partial charge in [-0.15, -0.1) is 0 Å². The number of ether oxygens (including phenoxy) is 1. The Morgan fingerprint density at radius 3 is 2.63 bits per heavy atom. The van der Waals surface area contributed by atoms with Gasteiger partial charge < -0.3 is 10.1 Å². The molecule has 1 heterocycles. The lowest BCUT2D eigenvalue weighted by molar-refractivity contribution is 0.402. The Morgan fingerprint density at radius 1 is 1.32 bits per heavy atom. The van der Waals surface area contributed by atoms with Crippen LogP contribution in [0.2, 0.25) is 0 Å². The van der Waals surface area contributed by atoms with Gasteiger partial charge in [-0.1, -0.05) is 32.4 Å². The van der Waals surface area contributed by atoms with Crippen molar-refractivity contribution < 1.29 is 13.2 Å². The van der Waals surface area contributed by atoms with E-state index in [4.69, 9.17) is 4.74 Å². The summed E-state index contributed by atoms with van der Waals surface area (Å²) in [7, 11) is -1.80. The third-order valence-corrected chi connectivity index (χ3v) is 5.93. The molecule has 0 amide bonds. The molecule has 0 bridgehead atoms. The number of fused-ring (bicyclic) bond motifs is 1. The summed E-state index contributed by atoms with van der Waals surface area (Å²) in [4.78, 5) is 0.377. The summed E-state index contributed by atoms with van der Waals surface area (Å²) >= 11 is 0. The van der Waals surface area contributed by atoms with Gasteiger partial charge in [0.2, 0.25) is 0 Å². The number of sulfone groups is 1. The summed E-state index contributed by atoms with van der Waals surface area (Å²) in [6.07, 6.45) is 1.51. The van der Waals surface area contributed by atoms with Crippen molar-refractivity contribution in [2.45, 2.75) is 42.9 Å². The smallest absolute Gasteiger partial charge is 0.187 e. The van der Waals surface area contributed by atoms with E-state index in [2.05, 4.69) is 5.32 Å². The molecule has 1 aliphatic heterocycles. The van der Waals surface area contributed by atoms with Gasteiger partial charge in [0.15, 0.2) is 9.84 Å². The predicted molar refractivity (Wildman–Crippen MR) is 75.3 cm³/mol. The lowest BCUT2D eigenvalue weighted by Crippen LogP contribution is -2.31. The van der Waals surface area contributed by atoms with Crippen LogP contribution in [0.4, 0.5) is 0 Å². The van der Waals surface area contributed by atoms with Crippen LogP contribution in [0.25, 0.3) is 0 Å². The molecule has 0 aliphatic carbocycles. The van der Waals surface area contributed by atoms with E-state index >= 15 is 0 Å². The van der Waals surface area contributed by atoms with Crippen LogP contribution in [-0.4, -0.2) is 27.3 Å². The first kappa shape index (κ1) is 14.3. The van der Waals surface area contributed by atoms with E-state index in [0.717, 1.165) is 18.5 Å². The van der Waals surface area contributed by atoms with Crippen LogP contribution in [0.5, 0.6) is 5.75 Å². The molecule has 1 aromatic carbocycles. The maximum absolute atomic E-state index is 12.7. The Morgan fingerprint density at radius 2 is 2.05 bits per heavy atom. The molecule has 0 aromatic heterocycles. The minimum absolute atomic E-state index is 0.125. The number of benzene rings is 1. The fraction of sp³-hybridized carbons (Fsp3) is 0.571. The molecule has 4 nitrogen and oxygen atoms in total. The Labute approximate surface area is 115 Å². The summed E-state index contributed by atoms with van der Waals surface area (Å²) in [5.41, 5.74) is 0.847. The monoisotopic (exact) mass is 283 g/mol. The molecule has 0 fully saturated rings.